The van der Waals surface area contributed by atoms with Crippen LogP contribution in [-0.4, -0.2) is 29.8 Å². The van der Waals surface area contributed by atoms with Crippen LogP contribution in [0.4, 0.5) is 18.9 Å². The average Bonchev–Trinajstić information content (AvgIpc) is 2.98. The third-order valence-corrected chi connectivity index (χ3v) is 8.86. The van der Waals surface area contributed by atoms with E-state index in [-0.39, 0.29) is 9.49 Å². The van der Waals surface area contributed by atoms with Crippen LogP contribution in [0.25, 0.3) is 0 Å². The molecule has 0 unspecified atom stereocenters. The number of anilines is 1. The number of alkyl halides is 3. The van der Waals surface area contributed by atoms with E-state index in [4.69, 9.17) is 4.74 Å². The van der Waals surface area contributed by atoms with Crippen molar-refractivity contribution in [1.82, 2.24) is 4.90 Å². The number of nitrogens with one attached hydrogen (secondary N) is 1. The first-order valence-corrected chi connectivity index (χ1v) is 16.0. The number of hydrogen-bond donors (Lipinski definition) is 1. The van der Waals surface area contributed by atoms with E-state index < -0.39 is 11.7 Å². The standard InChI is InChI=1S/C34H36F3IN2OS/c1-25(2)42-39-29-17-10-18-30(22-29)41-21-11-20-40(23-28-16-9-19-32(33(28)38)34(35,36)37)24-31(26-12-5-3-6-13-26)27-14-7-4-8-15-27/h3-10,12-19,22,25,31,39H,11,20-21,23-24H2,1-2H3. The van der Waals surface area contributed by atoms with Gasteiger partial charge in [-0.25, -0.2) is 0 Å². The molecule has 0 atom stereocenters. The molecule has 0 heterocycles. The van der Waals surface area contributed by atoms with Crippen LogP contribution < -0.4 is 9.46 Å². The predicted octanol–water partition coefficient (Wildman–Crippen LogP) is 9.88. The molecule has 0 aliphatic rings. The second-order valence-electron chi connectivity index (χ2n) is 10.4. The Morgan fingerprint density at radius 1 is 0.857 bits per heavy atom. The summed E-state index contributed by atoms with van der Waals surface area (Å²) in [5.74, 6) is 0.854. The Bertz CT molecular complexity index is 1350. The molecule has 4 rings (SSSR count). The Morgan fingerprint density at radius 3 is 2.12 bits per heavy atom. The van der Waals surface area contributed by atoms with Gasteiger partial charge in [-0.15, -0.1) is 0 Å². The summed E-state index contributed by atoms with van der Waals surface area (Å²) in [4.78, 5) is 2.25. The molecule has 0 aromatic heterocycles. The van der Waals surface area contributed by atoms with Gasteiger partial charge in [0.25, 0.3) is 0 Å². The first-order valence-electron chi connectivity index (χ1n) is 14.0. The molecular weight excluding hydrogens is 668 g/mol. The third-order valence-electron chi connectivity index (χ3n) is 6.76. The lowest BCUT2D eigenvalue weighted by molar-refractivity contribution is -0.138. The van der Waals surface area contributed by atoms with Gasteiger partial charge in [0, 0.05) is 46.1 Å². The lowest BCUT2D eigenvalue weighted by Gasteiger charge is -2.29. The highest BCUT2D eigenvalue weighted by Gasteiger charge is 2.33. The Balaban J connectivity index is 1.52. The van der Waals surface area contributed by atoms with Gasteiger partial charge in [0.2, 0.25) is 0 Å². The molecule has 1 N–H and O–H groups in total. The molecule has 0 saturated carbocycles. The van der Waals surface area contributed by atoms with Crippen LogP contribution in [-0.2, 0) is 12.7 Å². The van der Waals surface area contributed by atoms with Crippen molar-refractivity contribution in [1.29, 1.82) is 0 Å². The summed E-state index contributed by atoms with van der Waals surface area (Å²) < 4.78 is 50.8. The first-order chi connectivity index (χ1) is 20.2. The largest absolute Gasteiger partial charge is 0.493 e. The van der Waals surface area contributed by atoms with Gasteiger partial charge >= 0.3 is 6.18 Å². The molecule has 0 spiro atoms. The van der Waals surface area contributed by atoms with Crippen LogP contribution >= 0.6 is 34.5 Å². The van der Waals surface area contributed by atoms with Gasteiger partial charge in [0.1, 0.15) is 5.75 Å². The highest BCUT2D eigenvalue weighted by Crippen LogP contribution is 2.35. The molecule has 0 radical (unpaired) electrons. The van der Waals surface area contributed by atoms with Crippen molar-refractivity contribution in [3.8, 4) is 5.75 Å². The van der Waals surface area contributed by atoms with Crippen LogP contribution in [0.3, 0.4) is 0 Å². The maximum absolute atomic E-state index is 13.7. The fraction of sp³-hybridized carbons (Fsp3) is 0.294. The van der Waals surface area contributed by atoms with Crippen molar-refractivity contribution in [2.75, 3.05) is 24.4 Å². The van der Waals surface area contributed by atoms with Crippen molar-refractivity contribution in [3.05, 3.63) is 129 Å². The smallest absolute Gasteiger partial charge is 0.417 e. The highest BCUT2D eigenvalue weighted by atomic mass is 127. The molecule has 0 bridgehead atoms. The molecule has 0 saturated heterocycles. The van der Waals surface area contributed by atoms with Gasteiger partial charge < -0.3 is 9.46 Å². The van der Waals surface area contributed by atoms with E-state index in [1.807, 2.05) is 83.3 Å². The molecule has 3 nitrogen and oxygen atoms in total. The fourth-order valence-corrected chi connectivity index (χ4v) is 6.08. The summed E-state index contributed by atoms with van der Waals surface area (Å²) >= 11 is 3.49. The van der Waals surface area contributed by atoms with E-state index in [2.05, 4.69) is 47.7 Å². The molecule has 4 aromatic rings. The van der Waals surface area contributed by atoms with Crippen LogP contribution in [0.1, 0.15) is 48.4 Å². The van der Waals surface area contributed by atoms with E-state index >= 15 is 0 Å². The van der Waals surface area contributed by atoms with E-state index in [1.54, 1.807) is 18.0 Å². The summed E-state index contributed by atoms with van der Waals surface area (Å²) in [5.41, 5.74) is 3.42. The normalized spacial score (nSPS) is 11.8. The Kier molecular flexibility index (Phi) is 12.0. The van der Waals surface area contributed by atoms with Crippen molar-refractivity contribution in [2.45, 2.75) is 44.2 Å². The van der Waals surface area contributed by atoms with Gasteiger partial charge in [-0.2, -0.15) is 13.2 Å². The molecule has 8 heteroatoms. The fourth-order valence-electron chi connectivity index (χ4n) is 4.74. The highest BCUT2D eigenvalue weighted by molar-refractivity contribution is 14.1. The zero-order valence-electron chi connectivity index (χ0n) is 23.8. The molecule has 4 aromatic carbocycles. The molecule has 0 aliphatic carbocycles. The average molecular weight is 705 g/mol. The minimum Gasteiger partial charge on any atom is -0.493 e. The second-order valence-corrected chi connectivity index (χ2v) is 12.8. The molecule has 0 amide bonds. The molecule has 222 valence electrons. The van der Waals surface area contributed by atoms with Crippen molar-refractivity contribution in [3.63, 3.8) is 0 Å². The van der Waals surface area contributed by atoms with Crippen LogP contribution in [0, 0.1) is 3.57 Å². The Hall–Kier alpha value is -2.69. The summed E-state index contributed by atoms with van der Waals surface area (Å²) in [6, 6.07) is 32.9. The SMILES string of the molecule is CC(C)SNc1cccc(OCCCN(Cc2cccc(C(F)(F)F)c2I)CC(c2ccccc2)c2ccccc2)c1. The van der Waals surface area contributed by atoms with Crippen LogP contribution in [0.5, 0.6) is 5.75 Å². The lowest BCUT2D eigenvalue weighted by atomic mass is 9.90. The third kappa shape index (κ3) is 9.67. The predicted molar refractivity (Wildman–Crippen MR) is 177 cm³/mol. The summed E-state index contributed by atoms with van der Waals surface area (Å²) in [6.45, 7) is 6.49. The van der Waals surface area contributed by atoms with Gasteiger partial charge in [-0.3, -0.25) is 4.90 Å². The minimum atomic E-state index is -4.39. The Morgan fingerprint density at radius 2 is 1.50 bits per heavy atom. The monoisotopic (exact) mass is 704 g/mol. The zero-order valence-corrected chi connectivity index (χ0v) is 26.8. The van der Waals surface area contributed by atoms with Crippen molar-refractivity contribution < 1.29 is 17.9 Å². The van der Waals surface area contributed by atoms with Gasteiger partial charge in [0.15, 0.2) is 0 Å². The van der Waals surface area contributed by atoms with E-state index in [1.165, 1.54) is 17.2 Å². The van der Waals surface area contributed by atoms with Crippen molar-refractivity contribution >= 4 is 40.2 Å². The van der Waals surface area contributed by atoms with E-state index in [9.17, 15) is 13.2 Å². The minimum absolute atomic E-state index is 0.0676. The van der Waals surface area contributed by atoms with Gasteiger partial charge in [-0.1, -0.05) is 92.7 Å². The van der Waals surface area contributed by atoms with Gasteiger partial charge in [0.05, 0.1) is 12.2 Å². The van der Waals surface area contributed by atoms with Crippen LogP contribution in [0.2, 0.25) is 0 Å². The van der Waals surface area contributed by atoms with Gasteiger partial charge in [-0.05, 0) is 75.8 Å². The number of ether oxygens (including phenoxy) is 1. The number of nitrogens with zero attached hydrogens (tertiary/aromatic N) is 1. The lowest BCUT2D eigenvalue weighted by Crippen LogP contribution is -2.31. The summed E-state index contributed by atoms with van der Waals surface area (Å²) in [7, 11) is 0. The first kappa shape index (κ1) is 32.2. The topological polar surface area (TPSA) is 24.5 Å². The molecule has 0 aliphatic heterocycles. The number of rotatable bonds is 14. The van der Waals surface area contributed by atoms with E-state index in [0.29, 0.717) is 37.1 Å². The molecule has 0 fully saturated rings. The molecular formula is C34H36F3IN2OS. The number of hydrogen-bond acceptors (Lipinski definition) is 4. The zero-order chi connectivity index (χ0) is 30.0. The van der Waals surface area contributed by atoms with Crippen LogP contribution in [0.15, 0.2) is 103 Å². The van der Waals surface area contributed by atoms with Crippen molar-refractivity contribution in [2.24, 2.45) is 0 Å². The van der Waals surface area contributed by atoms with E-state index in [0.717, 1.165) is 23.9 Å². The summed E-state index contributed by atoms with van der Waals surface area (Å²) in [6.07, 6.45) is -3.66. The maximum Gasteiger partial charge on any atom is 0.417 e. The Labute approximate surface area is 265 Å². The molecule has 42 heavy (non-hydrogen) atoms. The number of benzene rings is 4. The summed E-state index contributed by atoms with van der Waals surface area (Å²) in [5, 5.41) is 0.455. The maximum atomic E-state index is 13.7. The second kappa shape index (κ2) is 15.7. The quantitative estimate of drug-likeness (QED) is 0.0803. The number of halogens is 4.